The van der Waals surface area contributed by atoms with Crippen molar-refractivity contribution >= 4 is 5.97 Å². The minimum absolute atomic E-state index is 0.0148. The molecule has 5 nitrogen and oxygen atoms in total. The number of cyclic esters (lactones) is 1. The van der Waals surface area contributed by atoms with E-state index in [-0.39, 0.29) is 18.6 Å². The van der Waals surface area contributed by atoms with Crippen LogP contribution in [0.5, 0.6) is 5.75 Å². The molecule has 144 valence electrons. The maximum atomic E-state index is 12.1. The number of carbonyl (C=O) groups is 1. The Bertz CT molecular complexity index is 732. The highest BCUT2D eigenvalue weighted by Gasteiger charge is 2.34. The van der Waals surface area contributed by atoms with Gasteiger partial charge >= 0.3 is 5.97 Å². The standard InChI is InChI=1S/C22H27NO4/c1-15-8-10-17(11-9-15)12-18-13-25-14-20(23)22(24)26-16(2)21(18)27-19-6-4-3-5-7-19/h3-11,16,18,20-21H,12-14,23H2,1-2H3/t16-,18-,20-,21-/m0/s1. The van der Waals surface area contributed by atoms with Crippen LogP contribution in [0.1, 0.15) is 18.1 Å². The zero-order valence-corrected chi connectivity index (χ0v) is 15.8. The molecule has 1 fully saturated rings. The average molecular weight is 369 g/mol. The van der Waals surface area contributed by atoms with Crippen molar-refractivity contribution in [2.24, 2.45) is 11.7 Å². The quantitative estimate of drug-likeness (QED) is 0.839. The van der Waals surface area contributed by atoms with Gasteiger partial charge in [-0.15, -0.1) is 0 Å². The van der Waals surface area contributed by atoms with Gasteiger partial charge in [-0.3, -0.25) is 4.79 Å². The van der Waals surface area contributed by atoms with Crippen molar-refractivity contribution in [2.45, 2.75) is 38.5 Å². The number of nitrogens with two attached hydrogens (primary N) is 1. The van der Waals surface area contributed by atoms with Crippen molar-refractivity contribution in [3.05, 3.63) is 65.7 Å². The molecule has 2 N–H and O–H groups in total. The van der Waals surface area contributed by atoms with Crippen LogP contribution in [0.25, 0.3) is 0 Å². The second-order valence-corrected chi connectivity index (χ2v) is 7.13. The minimum atomic E-state index is -0.775. The summed E-state index contributed by atoms with van der Waals surface area (Å²) in [5, 5.41) is 0. The number of esters is 1. The third-order valence-electron chi connectivity index (χ3n) is 4.80. The highest BCUT2D eigenvalue weighted by Crippen LogP contribution is 2.25. The zero-order chi connectivity index (χ0) is 19.2. The Morgan fingerprint density at radius 3 is 2.48 bits per heavy atom. The summed E-state index contributed by atoms with van der Waals surface area (Å²) < 4.78 is 17.6. The van der Waals surface area contributed by atoms with E-state index in [0.29, 0.717) is 6.61 Å². The van der Waals surface area contributed by atoms with Gasteiger partial charge < -0.3 is 19.9 Å². The molecule has 2 aromatic rings. The van der Waals surface area contributed by atoms with Crippen molar-refractivity contribution in [1.82, 2.24) is 0 Å². The summed E-state index contributed by atoms with van der Waals surface area (Å²) in [6.07, 6.45) is -0.0293. The van der Waals surface area contributed by atoms with E-state index in [1.54, 1.807) is 0 Å². The highest BCUT2D eigenvalue weighted by atomic mass is 16.6. The molecule has 0 saturated carbocycles. The molecule has 1 aliphatic heterocycles. The molecule has 0 aliphatic carbocycles. The molecule has 0 unspecified atom stereocenters. The molecular formula is C22H27NO4. The molecule has 0 radical (unpaired) electrons. The van der Waals surface area contributed by atoms with Gasteiger partial charge in [0.1, 0.15) is 24.0 Å². The van der Waals surface area contributed by atoms with Gasteiger partial charge in [-0.05, 0) is 38.0 Å². The summed E-state index contributed by atoms with van der Waals surface area (Å²) >= 11 is 0. The Hall–Kier alpha value is -2.37. The summed E-state index contributed by atoms with van der Waals surface area (Å²) in [6, 6.07) is 17.2. The monoisotopic (exact) mass is 369 g/mol. The first kappa shape index (κ1) is 19.4. The minimum Gasteiger partial charge on any atom is -0.486 e. The van der Waals surface area contributed by atoms with E-state index in [1.807, 2.05) is 37.3 Å². The summed E-state index contributed by atoms with van der Waals surface area (Å²) in [4.78, 5) is 12.1. The largest absolute Gasteiger partial charge is 0.486 e. The summed E-state index contributed by atoms with van der Waals surface area (Å²) in [5.41, 5.74) is 8.26. The van der Waals surface area contributed by atoms with Crippen LogP contribution in [0.15, 0.2) is 54.6 Å². The van der Waals surface area contributed by atoms with Crippen LogP contribution in [0.4, 0.5) is 0 Å². The summed E-state index contributed by atoms with van der Waals surface area (Å²) in [7, 11) is 0. The van der Waals surface area contributed by atoms with E-state index < -0.39 is 18.1 Å². The summed E-state index contributed by atoms with van der Waals surface area (Å²) in [6.45, 7) is 4.51. The first-order chi connectivity index (χ1) is 13.0. The lowest BCUT2D eigenvalue weighted by atomic mass is 9.91. The van der Waals surface area contributed by atoms with Crippen LogP contribution < -0.4 is 10.5 Å². The van der Waals surface area contributed by atoms with Crippen molar-refractivity contribution in [3.63, 3.8) is 0 Å². The third kappa shape index (κ3) is 5.31. The molecule has 1 heterocycles. The Kier molecular flexibility index (Phi) is 6.48. The second-order valence-electron chi connectivity index (χ2n) is 7.13. The van der Waals surface area contributed by atoms with Crippen LogP contribution in [0.3, 0.4) is 0 Å². The van der Waals surface area contributed by atoms with Gasteiger partial charge in [0.05, 0.1) is 13.2 Å². The number of aryl methyl sites for hydroxylation is 1. The second kappa shape index (κ2) is 9.02. The van der Waals surface area contributed by atoms with Gasteiger partial charge in [0, 0.05) is 5.92 Å². The predicted octanol–water partition coefficient (Wildman–Crippen LogP) is 2.89. The number of benzene rings is 2. The third-order valence-corrected chi connectivity index (χ3v) is 4.80. The number of hydrogen-bond acceptors (Lipinski definition) is 5. The van der Waals surface area contributed by atoms with Gasteiger partial charge in [-0.2, -0.15) is 0 Å². The lowest BCUT2D eigenvalue weighted by molar-refractivity contribution is -0.155. The first-order valence-electron chi connectivity index (χ1n) is 9.34. The van der Waals surface area contributed by atoms with Crippen LogP contribution in [-0.4, -0.2) is 37.4 Å². The first-order valence-corrected chi connectivity index (χ1v) is 9.34. The molecule has 0 aromatic heterocycles. The van der Waals surface area contributed by atoms with Gasteiger partial charge in [0.15, 0.2) is 0 Å². The predicted molar refractivity (Wildman–Crippen MR) is 104 cm³/mol. The molecule has 5 heteroatoms. The molecule has 0 bridgehead atoms. The smallest absolute Gasteiger partial charge is 0.325 e. The van der Waals surface area contributed by atoms with Gasteiger partial charge in [0.2, 0.25) is 0 Å². The maximum absolute atomic E-state index is 12.1. The van der Waals surface area contributed by atoms with Crippen LogP contribution >= 0.6 is 0 Å². The molecule has 3 rings (SSSR count). The molecule has 1 aliphatic rings. The van der Waals surface area contributed by atoms with E-state index in [1.165, 1.54) is 11.1 Å². The molecule has 2 aromatic carbocycles. The lowest BCUT2D eigenvalue weighted by Crippen LogP contribution is -2.43. The number of ether oxygens (including phenoxy) is 3. The number of hydrogen-bond donors (Lipinski definition) is 1. The van der Waals surface area contributed by atoms with E-state index in [0.717, 1.165) is 12.2 Å². The van der Waals surface area contributed by atoms with E-state index >= 15 is 0 Å². The zero-order valence-electron chi connectivity index (χ0n) is 15.8. The van der Waals surface area contributed by atoms with Crippen LogP contribution in [-0.2, 0) is 20.7 Å². The SMILES string of the molecule is Cc1ccc(C[C@H]2COC[C@H](N)C(=O)O[C@@H](C)[C@@H]2Oc2ccccc2)cc1. The average Bonchev–Trinajstić information content (AvgIpc) is 2.71. The number of carbonyl (C=O) groups excluding carboxylic acids is 1. The molecule has 1 saturated heterocycles. The lowest BCUT2D eigenvalue weighted by Gasteiger charge is -2.31. The topological polar surface area (TPSA) is 70.8 Å². The highest BCUT2D eigenvalue weighted by molar-refractivity contribution is 5.75. The molecule has 0 spiro atoms. The van der Waals surface area contributed by atoms with E-state index in [4.69, 9.17) is 19.9 Å². The fraction of sp³-hybridized carbons (Fsp3) is 0.409. The normalized spacial score (nSPS) is 26.4. The van der Waals surface area contributed by atoms with Crippen LogP contribution in [0, 0.1) is 12.8 Å². The van der Waals surface area contributed by atoms with Crippen molar-refractivity contribution in [1.29, 1.82) is 0 Å². The van der Waals surface area contributed by atoms with Gasteiger partial charge in [-0.1, -0.05) is 48.0 Å². The van der Waals surface area contributed by atoms with Crippen LogP contribution in [0.2, 0.25) is 0 Å². The van der Waals surface area contributed by atoms with Crippen molar-refractivity contribution < 1.29 is 19.0 Å². The number of para-hydroxylation sites is 1. The molecular weight excluding hydrogens is 342 g/mol. The van der Waals surface area contributed by atoms with Crippen molar-refractivity contribution in [3.8, 4) is 5.75 Å². The Morgan fingerprint density at radius 2 is 1.78 bits per heavy atom. The van der Waals surface area contributed by atoms with E-state index in [9.17, 15) is 4.79 Å². The van der Waals surface area contributed by atoms with E-state index in [2.05, 4.69) is 31.2 Å². The fourth-order valence-electron chi connectivity index (χ4n) is 3.28. The molecule has 4 atom stereocenters. The maximum Gasteiger partial charge on any atom is 0.325 e. The summed E-state index contributed by atoms with van der Waals surface area (Å²) in [5.74, 6) is 0.295. The van der Waals surface area contributed by atoms with Crippen molar-refractivity contribution in [2.75, 3.05) is 13.2 Å². The molecule has 0 amide bonds. The van der Waals surface area contributed by atoms with Gasteiger partial charge in [0.25, 0.3) is 0 Å². The Labute approximate surface area is 160 Å². The Balaban J connectivity index is 1.85. The fourth-order valence-corrected chi connectivity index (χ4v) is 3.28. The Morgan fingerprint density at radius 1 is 1.07 bits per heavy atom. The molecule has 27 heavy (non-hydrogen) atoms. The number of rotatable bonds is 4. The van der Waals surface area contributed by atoms with Gasteiger partial charge in [-0.25, -0.2) is 0 Å².